The molecule has 0 saturated heterocycles. The van der Waals surface area contributed by atoms with Crippen molar-refractivity contribution in [2.75, 3.05) is 11.9 Å². The summed E-state index contributed by atoms with van der Waals surface area (Å²) >= 11 is 3.08. The van der Waals surface area contributed by atoms with E-state index in [2.05, 4.69) is 10.3 Å². The van der Waals surface area contributed by atoms with Crippen molar-refractivity contribution >= 4 is 45.3 Å². The number of anilines is 1. The lowest BCUT2D eigenvalue weighted by molar-refractivity contribution is -0.107. The van der Waals surface area contributed by atoms with Gasteiger partial charge in [0.2, 0.25) is 0 Å². The fourth-order valence-corrected chi connectivity index (χ4v) is 5.19. The number of hydrogen-bond donors (Lipinski definition) is 1. The number of aldehydes is 1. The number of rotatable bonds is 4. The number of thiazole rings is 1. The third-order valence-corrected chi connectivity index (χ3v) is 6.34. The molecule has 116 valence electrons. The van der Waals surface area contributed by atoms with E-state index in [9.17, 15) is 9.18 Å². The highest BCUT2D eigenvalue weighted by Crippen LogP contribution is 2.41. The average molecular weight is 344 g/mol. The lowest BCUT2D eigenvalue weighted by Crippen LogP contribution is -2.18. The van der Waals surface area contributed by atoms with E-state index in [0.29, 0.717) is 6.54 Å². The number of carbonyl (C=O) groups excluding carboxylic acids is 1. The molecule has 0 fully saturated rings. The Labute approximate surface area is 140 Å². The van der Waals surface area contributed by atoms with Crippen LogP contribution in [0, 0.1) is 5.82 Å². The van der Waals surface area contributed by atoms with Gasteiger partial charge in [-0.05, 0) is 29.8 Å². The van der Waals surface area contributed by atoms with E-state index in [1.165, 1.54) is 23.9 Å². The summed E-state index contributed by atoms with van der Waals surface area (Å²) in [6.45, 7) is 0.639. The predicted octanol–water partition coefficient (Wildman–Crippen LogP) is 4.30. The van der Waals surface area contributed by atoms with Gasteiger partial charge in [-0.2, -0.15) is 0 Å². The summed E-state index contributed by atoms with van der Waals surface area (Å²) in [5, 5.41) is 2.95. The van der Waals surface area contributed by atoms with E-state index >= 15 is 0 Å². The van der Waals surface area contributed by atoms with Crippen molar-refractivity contribution in [3.05, 3.63) is 53.8 Å². The molecule has 3 aromatic rings. The van der Waals surface area contributed by atoms with Gasteiger partial charge in [0.25, 0.3) is 0 Å². The quantitative estimate of drug-likeness (QED) is 0.566. The predicted molar refractivity (Wildman–Crippen MR) is 93.0 cm³/mol. The molecule has 0 aliphatic carbocycles. The standard InChI is InChI=1S/C17H13FN2OS2/c18-10-5-6-11-12(8-19-14(11)7-10)16(9-21)23-17-20-13-3-1-2-4-15(13)22-17/h1-7,9,12,16,19H,8H2. The lowest BCUT2D eigenvalue weighted by atomic mass is 9.98. The van der Waals surface area contributed by atoms with Crippen molar-refractivity contribution in [3.8, 4) is 0 Å². The van der Waals surface area contributed by atoms with Crippen LogP contribution in [0.4, 0.5) is 10.1 Å². The number of aromatic nitrogens is 1. The van der Waals surface area contributed by atoms with Crippen molar-refractivity contribution in [2.24, 2.45) is 0 Å². The third kappa shape index (κ3) is 2.72. The molecule has 0 spiro atoms. The number of benzene rings is 2. The van der Waals surface area contributed by atoms with Gasteiger partial charge >= 0.3 is 0 Å². The fourth-order valence-electron chi connectivity index (χ4n) is 2.85. The zero-order valence-corrected chi connectivity index (χ0v) is 13.7. The molecule has 0 radical (unpaired) electrons. The minimum atomic E-state index is -0.265. The number of thioether (sulfide) groups is 1. The van der Waals surface area contributed by atoms with Crippen LogP contribution in [-0.2, 0) is 4.79 Å². The number of hydrogen-bond acceptors (Lipinski definition) is 5. The van der Waals surface area contributed by atoms with Crippen LogP contribution in [-0.4, -0.2) is 23.1 Å². The molecule has 2 aromatic carbocycles. The van der Waals surface area contributed by atoms with Crippen molar-refractivity contribution < 1.29 is 9.18 Å². The molecule has 2 unspecified atom stereocenters. The summed E-state index contributed by atoms with van der Waals surface area (Å²) in [5.41, 5.74) is 2.74. The number of halogens is 1. The smallest absolute Gasteiger partial charge is 0.151 e. The topological polar surface area (TPSA) is 42.0 Å². The Bertz CT molecular complexity index is 847. The van der Waals surface area contributed by atoms with Gasteiger partial charge in [0.1, 0.15) is 12.1 Å². The van der Waals surface area contributed by atoms with Crippen LogP contribution in [0.2, 0.25) is 0 Å². The Morgan fingerprint density at radius 3 is 3.04 bits per heavy atom. The first kappa shape index (κ1) is 14.7. The molecule has 23 heavy (non-hydrogen) atoms. The summed E-state index contributed by atoms with van der Waals surface area (Å²) in [5.74, 6) is -0.238. The van der Waals surface area contributed by atoms with Crippen LogP contribution in [0.15, 0.2) is 46.8 Å². The normalized spacial score (nSPS) is 17.7. The molecule has 0 bridgehead atoms. The summed E-state index contributed by atoms with van der Waals surface area (Å²) in [6.07, 6.45) is 0.974. The number of para-hydroxylation sites is 1. The van der Waals surface area contributed by atoms with Crippen LogP contribution in [0.1, 0.15) is 11.5 Å². The van der Waals surface area contributed by atoms with Crippen LogP contribution < -0.4 is 5.32 Å². The summed E-state index contributed by atoms with van der Waals surface area (Å²) in [4.78, 5) is 16.2. The van der Waals surface area contributed by atoms with Crippen LogP contribution >= 0.6 is 23.1 Å². The number of nitrogens with one attached hydrogen (secondary N) is 1. The van der Waals surface area contributed by atoms with Gasteiger partial charge in [-0.3, -0.25) is 0 Å². The van der Waals surface area contributed by atoms with Gasteiger partial charge in [-0.15, -0.1) is 11.3 Å². The molecule has 3 nitrogen and oxygen atoms in total. The highest BCUT2D eigenvalue weighted by atomic mass is 32.2. The van der Waals surface area contributed by atoms with Gasteiger partial charge in [-0.25, -0.2) is 9.37 Å². The highest BCUT2D eigenvalue weighted by molar-refractivity contribution is 8.02. The largest absolute Gasteiger partial charge is 0.384 e. The molecule has 1 N–H and O–H groups in total. The van der Waals surface area contributed by atoms with E-state index < -0.39 is 0 Å². The molecule has 1 aliphatic heterocycles. The van der Waals surface area contributed by atoms with Gasteiger partial charge in [0.05, 0.1) is 15.5 Å². The molecule has 0 amide bonds. The Balaban J connectivity index is 1.61. The maximum Gasteiger partial charge on any atom is 0.151 e. The zero-order chi connectivity index (χ0) is 15.8. The minimum Gasteiger partial charge on any atom is -0.384 e. The first-order chi connectivity index (χ1) is 11.2. The summed E-state index contributed by atoms with van der Waals surface area (Å²) < 4.78 is 15.3. The lowest BCUT2D eigenvalue weighted by Gasteiger charge is -2.16. The van der Waals surface area contributed by atoms with Gasteiger partial charge < -0.3 is 10.1 Å². The Morgan fingerprint density at radius 1 is 1.35 bits per heavy atom. The molecule has 0 saturated carbocycles. The summed E-state index contributed by atoms with van der Waals surface area (Å²) in [6, 6.07) is 12.6. The third-order valence-electron chi connectivity index (χ3n) is 3.97. The molecular formula is C17H13FN2OS2. The van der Waals surface area contributed by atoms with E-state index in [4.69, 9.17) is 0 Å². The van der Waals surface area contributed by atoms with Gasteiger partial charge in [0, 0.05) is 18.2 Å². The Morgan fingerprint density at radius 2 is 2.22 bits per heavy atom. The van der Waals surface area contributed by atoms with Crippen molar-refractivity contribution in [3.63, 3.8) is 0 Å². The number of nitrogens with zero attached hydrogens (tertiary/aromatic N) is 1. The van der Waals surface area contributed by atoms with Crippen LogP contribution in [0.3, 0.4) is 0 Å². The van der Waals surface area contributed by atoms with Crippen molar-refractivity contribution in [2.45, 2.75) is 15.5 Å². The van der Waals surface area contributed by atoms with Crippen molar-refractivity contribution in [1.82, 2.24) is 4.98 Å². The first-order valence-corrected chi connectivity index (χ1v) is 8.95. The molecule has 1 aliphatic rings. The van der Waals surface area contributed by atoms with E-state index in [1.807, 2.05) is 24.3 Å². The minimum absolute atomic E-state index is 0.0279. The monoisotopic (exact) mass is 344 g/mol. The van der Waals surface area contributed by atoms with Crippen molar-refractivity contribution in [1.29, 1.82) is 0 Å². The van der Waals surface area contributed by atoms with E-state index in [1.54, 1.807) is 17.4 Å². The van der Waals surface area contributed by atoms with Gasteiger partial charge in [-0.1, -0.05) is 30.0 Å². The fraction of sp³-hybridized carbons (Fsp3) is 0.176. The second-order valence-corrected chi connectivity index (χ2v) is 7.84. The molecule has 2 atom stereocenters. The molecule has 6 heteroatoms. The maximum atomic E-state index is 13.3. The zero-order valence-electron chi connectivity index (χ0n) is 12.0. The van der Waals surface area contributed by atoms with Crippen LogP contribution in [0.5, 0.6) is 0 Å². The second kappa shape index (κ2) is 5.94. The number of carbonyl (C=O) groups is 1. The number of fused-ring (bicyclic) bond motifs is 2. The molecule has 2 heterocycles. The second-order valence-electron chi connectivity index (χ2n) is 5.39. The van der Waals surface area contributed by atoms with Crippen LogP contribution in [0.25, 0.3) is 10.2 Å². The first-order valence-electron chi connectivity index (χ1n) is 7.25. The highest BCUT2D eigenvalue weighted by Gasteiger charge is 2.31. The molecule has 4 rings (SSSR count). The van der Waals surface area contributed by atoms with Gasteiger partial charge in [0.15, 0.2) is 4.34 Å². The molecule has 1 aromatic heterocycles. The average Bonchev–Trinajstić information content (AvgIpc) is 3.15. The Kier molecular flexibility index (Phi) is 3.79. The van der Waals surface area contributed by atoms with E-state index in [-0.39, 0.29) is 17.0 Å². The molecular weight excluding hydrogens is 331 g/mol. The van der Waals surface area contributed by atoms with E-state index in [0.717, 1.165) is 32.1 Å². The SMILES string of the molecule is O=CC(Sc1nc2ccccc2s1)C1CNc2cc(F)ccc21. The maximum absolute atomic E-state index is 13.3. The Hall–Kier alpha value is -1.92. The summed E-state index contributed by atoms with van der Waals surface area (Å²) in [7, 11) is 0.